The van der Waals surface area contributed by atoms with Crippen LogP contribution in [0.1, 0.15) is 40.7 Å². The quantitative estimate of drug-likeness (QED) is 0.734. The molecule has 1 fully saturated rings. The molecule has 1 aromatic carbocycles. The van der Waals surface area contributed by atoms with Crippen LogP contribution in [-0.4, -0.2) is 40.4 Å². The second-order valence-corrected chi connectivity index (χ2v) is 10.1. The molecule has 0 spiro atoms. The Morgan fingerprint density at radius 1 is 1.23 bits per heavy atom. The number of alkyl halides is 2. The topological polar surface area (TPSA) is 95.4 Å². The predicted octanol–water partition coefficient (Wildman–Crippen LogP) is 4.03. The first kappa shape index (κ1) is 21.6. The molecule has 10 heteroatoms. The van der Waals surface area contributed by atoms with E-state index in [2.05, 4.69) is 10.3 Å². The summed E-state index contributed by atoms with van der Waals surface area (Å²) in [6.45, 7) is 1.41. The summed E-state index contributed by atoms with van der Waals surface area (Å²) in [7, 11) is -3.03. The van der Waals surface area contributed by atoms with Gasteiger partial charge in [0.15, 0.2) is 0 Å². The Hall–Kier alpha value is -2.59. The molecular formula is C21H24F2N4O3S. The van der Waals surface area contributed by atoms with E-state index in [-0.39, 0.29) is 24.4 Å². The lowest BCUT2D eigenvalue weighted by Crippen LogP contribution is -2.28. The average molecular weight is 451 g/mol. The molecule has 2 aliphatic heterocycles. The summed E-state index contributed by atoms with van der Waals surface area (Å²) in [4.78, 5) is 19.0. The number of carbonyl (C=O) groups excluding carboxylic acids is 1. The second-order valence-electron chi connectivity index (χ2n) is 8.01. The highest BCUT2D eigenvalue weighted by molar-refractivity contribution is 7.91. The fraction of sp³-hybridized carbons (Fsp3) is 0.429. The number of hydrogen-bond donors (Lipinski definition) is 2. The lowest BCUT2D eigenvalue weighted by atomic mass is 10.0. The monoisotopic (exact) mass is 450 g/mol. The van der Waals surface area contributed by atoms with E-state index >= 15 is 0 Å². The van der Waals surface area contributed by atoms with Crippen molar-refractivity contribution in [1.29, 1.82) is 4.78 Å². The van der Waals surface area contributed by atoms with Gasteiger partial charge in [-0.15, -0.1) is 0 Å². The first-order valence-corrected chi connectivity index (χ1v) is 12.0. The van der Waals surface area contributed by atoms with Crippen LogP contribution in [0.5, 0.6) is 0 Å². The van der Waals surface area contributed by atoms with Gasteiger partial charge in [-0.05, 0) is 41.8 Å². The predicted molar refractivity (Wildman–Crippen MR) is 113 cm³/mol. The van der Waals surface area contributed by atoms with Crippen LogP contribution in [0.25, 0.3) is 0 Å². The minimum Gasteiger partial charge on any atom is -0.372 e. The molecule has 4 rings (SSSR count). The summed E-state index contributed by atoms with van der Waals surface area (Å²) in [6, 6.07) is 6.58. The van der Waals surface area contributed by atoms with Crippen LogP contribution in [-0.2, 0) is 27.7 Å². The summed E-state index contributed by atoms with van der Waals surface area (Å²) in [5.41, 5.74) is 3.19. The number of carbonyl (C=O) groups is 1. The zero-order chi connectivity index (χ0) is 22.2. The van der Waals surface area contributed by atoms with Crippen molar-refractivity contribution in [3.8, 4) is 0 Å². The molecule has 1 amide bonds. The highest BCUT2D eigenvalue weighted by atomic mass is 32.2. The number of rotatable bonds is 4. The van der Waals surface area contributed by atoms with Gasteiger partial charge in [0.05, 0.1) is 28.5 Å². The first-order valence-electron chi connectivity index (χ1n) is 10.00. The standard InChI is InChI=1S/C21H24F2N4O3S/c1-31(24,29)19-11-16(3-6-25-19)26-20(28)17-9-14-12-30-13-15(14)10-18(17)27-7-2-4-21(22,23)5-8-27/h3,6,9-11,24H,2,4-5,7-8,12-13H2,1H3,(H,25,26,28). The molecule has 2 N–H and O–H groups in total. The normalized spacial score (nSPS) is 19.9. The van der Waals surface area contributed by atoms with Crippen molar-refractivity contribution in [2.24, 2.45) is 0 Å². The first-order chi connectivity index (χ1) is 14.6. The largest absolute Gasteiger partial charge is 0.372 e. The highest BCUT2D eigenvalue weighted by Gasteiger charge is 2.33. The average Bonchev–Trinajstić information content (AvgIpc) is 3.08. The van der Waals surface area contributed by atoms with Crippen LogP contribution in [0.15, 0.2) is 35.5 Å². The molecular weight excluding hydrogens is 426 g/mol. The Bertz CT molecular complexity index is 1120. The van der Waals surface area contributed by atoms with Crippen LogP contribution in [0.3, 0.4) is 0 Å². The van der Waals surface area contributed by atoms with Gasteiger partial charge in [-0.3, -0.25) is 4.79 Å². The molecule has 2 aliphatic rings. The molecule has 0 radical (unpaired) electrons. The van der Waals surface area contributed by atoms with Gasteiger partial charge in [0.2, 0.25) is 5.92 Å². The van der Waals surface area contributed by atoms with Gasteiger partial charge < -0.3 is 15.0 Å². The van der Waals surface area contributed by atoms with Crippen molar-refractivity contribution >= 4 is 27.0 Å². The van der Waals surface area contributed by atoms with Crippen LogP contribution >= 0.6 is 0 Å². The summed E-state index contributed by atoms with van der Waals surface area (Å²) in [6.07, 6.45) is 2.56. The van der Waals surface area contributed by atoms with Gasteiger partial charge >= 0.3 is 0 Å². The number of nitrogens with zero attached hydrogens (tertiary/aromatic N) is 2. The molecule has 1 saturated heterocycles. The molecule has 166 valence electrons. The zero-order valence-electron chi connectivity index (χ0n) is 17.1. The Kier molecular flexibility index (Phi) is 5.69. The molecule has 0 bridgehead atoms. The van der Waals surface area contributed by atoms with Gasteiger partial charge in [0.1, 0.15) is 5.03 Å². The maximum Gasteiger partial charge on any atom is 0.257 e. The number of amides is 1. The molecule has 1 unspecified atom stereocenters. The van der Waals surface area contributed by atoms with E-state index in [1.807, 2.05) is 11.0 Å². The molecule has 0 aliphatic carbocycles. The van der Waals surface area contributed by atoms with Crippen molar-refractivity contribution in [2.75, 3.05) is 29.6 Å². The zero-order valence-corrected chi connectivity index (χ0v) is 17.9. The number of fused-ring (bicyclic) bond motifs is 1. The van der Waals surface area contributed by atoms with E-state index in [0.717, 1.165) is 11.1 Å². The van der Waals surface area contributed by atoms with Crippen molar-refractivity contribution in [3.05, 3.63) is 47.2 Å². The fourth-order valence-electron chi connectivity index (χ4n) is 3.86. The molecule has 3 heterocycles. The minimum absolute atomic E-state index is 0.0719. The fourth-order valence-corrected chi connectivity index (χ4v) is 4.48. The third kappa shape index (κ3) is 4.85. The summed E-state index contributed by atoms with van der Waals surface area (Å²) in [5, 5.41) is 2.84. The van der Waals surface area contributed by atoms with Crippen molar-refractivity contribution in [2.45, 2.75) is 43.4 Å². The smallest absolute Gasteiger partial charge is 0.257 e. The Labute approximate surface area is 179 Å². The van der Waals surface area contributed by atoms with Crippen molar-refractivity contribution in [1.82, 2.24) is 4.98 Å². The number of pyridine rings is 1. The highest BCUT2D eigenvalue weighted by Crippen LogP contribution is 2.34. The van der Waals surface area contributed by atoms with E-state index in [9.17, 15) is 17.8 Å². The van der Waals surface area contributed by atoms with Crippen molar-refractivity contribution in [3.63, 3.8) is 0 Å². The van der Waals surface area contributed by atoms with E-state index in [1.165, 1.54) is 18.5 Å². The van der Waals surface area contributed by atoms with Crippen LogP contribution in [0.4, 0.5) is 20.2 Å². The Morgan fingerprint density at radius 2 is 1.97 bits per heavy atom. The van der Waals surface area contributed by atoms with E-state index < -0.39 is 21.6 Å². The third-order valence-corrected chi connectivity index (χ3v) is 6.55. The third-order valence-electron chi connectivity index (χ3n) is 5.53. The number of aromatic nitrogens is 1. The minimum atomic E-state index is -3.03. The molecule has 2 aromatic rings. The molecule has 31 heavy (non-hydrogen) atoms. The summed E-state index contributed by atoms with van der Waals surface area (Å²) in [5.74, 6) is -3.11. The number of nitrogens with one attached hydrogen (secondary N) is 2. The Morgan fingerprint density at radius 3 is 2.71 bits per heavy atom. The SMILES string of the molecule is CS(=N)(=O)c1cc(NC(=O)c2cc3c(cc2N2CCCC(F)(F)CC2)COC3)ccn1. The van der Waals surface area contributed by atoms with Gasteiger partial charge in [-0.2, -0.15) is 0 Å². The maximum absolute atomic E-state index is 13.9. The van der Waals surface area contributed by atoms with E-state index in [0.29, 0.717) is 43.1 Å². The number of anilines is 2. The van der Waals surface area contributed by atoms with Gasteiger partial charge in [0, 0.05) is 49.8 Å². The summed E-state index contributed by atoms with van der Waals surface area (Å²) >= 11 is 0. The van der Waals surface area contributed by atoms with E-state index in [1.54, 1.807) is 12.1 Å². The van der Waals surface area contributed by atoms with Gasteiger partial charge in [0.25, 0.3) is 5.91 Å². The van der Waals surface area contributed by atoms with Gasteiger partial charge in [-0.25, -0.2) is 22.8 Å². The van der Waals surface area contributed by atoms with Crippen LogP contribution < -0.4 is 10.2 Å². The molecule has 1 atom stereocenters. The number of benzene rings is 1. The Balaban J connectivity index is 1.67. The van der Waals surface area contributed by atoms with E-state index in [4.69, 9.17) is 9.52 Å². The van der Waals surface area contributed by atoms with Crippen LogP contribution in [0, 0.1) is 4.78 Å². The molecule has 7 nitrogen and oxygen atoms in total. The lowest BCUT2D eigenvalue weighted by molar-refractivity contribution is -0.0102. The van der Waals surface area contributed by atoms with Crippen molar-refractivity contribution < 1.29 is 22.5 Å². The van der Waals surface area contributed by atoms with Crippen LogP contribution in [0.2, 0.25) is 0 Å². The lowest BCUT2D eigenvalue weighted by Gasteiger charge is -2.26. The molecule has 0 saturated carbocycles. The number of hydrogen-bond acceptors (Lipinski definition) is 6. The second kappa shape index (κ2) is 8.16. The number of halogens is 2. The maximum atomic E-state index is 13.9. The van der Waals surface area contributed by atoms with Gasteiger partial charge in [-0.1, -0.05) is 0 Å². The number of ether oxygens (including phenoxy) is 1. The summed E-state index contributed by atoms with van der Waals surface area (Å²) < 4.78 is 52.9. The molecule has 1 aromatic heterocycles.